The standard InChI is InChI=1S/C33H49FN4O2.3ClH/c1-7-28-26-12-13-33(30(26)38(8-2)35-28)14-16-37(17-15-33)21-24-19-32(5,36(6)29(22(3)4)31(39)40)20-27(24)23-10-9-11-25(34)18-23;;;/h9-11,18,22,24,27,29H,7-8,12-17,19-21H2,1-6H3,(H,39,40);3*1H/t24-,27-,29-,32?;;;/m1.../s1. The van der Waals surface area contributed by atoms with Crippen molar-refractivity contribution >= 4 is 43.2 Å². The molecule has 1 aromatic carbocycles. The van der Waals surface area contributed by atoms with E-state index < -0.39 is 12.0 Å². The number of hydrogen-bond acceptors (Lipinski definition) is 4. The second-order valence-corrected chi connectivity index (χ2v) is 13.5. The van der Waals surface area contributed by atoms with Crippen LogP contribution in [0, 0.1) is 17.7 Å². The van der Waals surface area contributed by atoms with Crippen molar-refractivity contribution in [2.75, 3.05) is 26.7 Å². The number of aliphatic carboxylic acids is 1. The zero-order chi connectivity index (χ0) is 28.8. The SMILES string of the molecule is CCc1nn(CC)c2c1CCC21CCN(C[C@H]2CC(C)(N(C)[C@@H](C(=O)O)C(C)C)C[C@@H]2c2cccc(F)c2)CC1.Cl.Cl.Cl. The molecule has 244 valence electrons. The maximum Gasteiger partial charge on any atom is 0.321 e. The molecule has 2 aliphatic carbocycles. The Labute approximate surface area is 276 Å². The van der Waals surface area contributed by atoms with Gasteiger partial charge in [0.2, 0.25) is 0 Å². The fourth-order valence-corrected chi connectivity index (χ4v) is 8.65. The monoisotopic (exact) mass is 660 g/mol. The average Bonchev–Trinajstić information content (AvgIpc) is 3.57. The van der Waals surface area contributed by atoms with Crippen LogP contribution in [0.5, 0.6) is 0 Å². The molecule has 2 aromatic rings. The molecular formula is C33H52Cl3FN4O2. The summed E-state index contributed by atoms with van der Waals surface area (Å²) in [4.78, 5) is 17.0. The summed E-state index contributed by atoms with van der Waals surface area (Å²) < 4.78 is 16.7. The van der Waals surface area contributed by atoms with Gasteiger partial charge in [-0.25, -0.2) is 4.39 Å². The van der Waals surface area contributed by atoms with Gasteiger partial charge in [-0.3, -0.25) is 14.4 Å². The number of carboxylic acid groups (broad SMARTS) is 1. The first-order chi connectivity index (χ1) is 19.0. The van der Waals surface area contributed by atoms with Crippen molar-refractivity contribution in [3.05, 3.63) is 52.6 Å². The van der Waals surface area contributed by atoms with E-state index in [1.807, 2.05) is 27.0 Å². The summed E-state index contributed by atoms with van der Waals surface area (Å²) in [6.07, 6.45) is 7.49. The van der Waals surface area contributed by atoms with E-state index in [1.54, 1.807) is 6.07 Å². The minimum absolute atomic E-state index is 0. The van der Waals surface area contributed by atoms with E-state index in [9.17, 15) is 14.3 Å². The van der Waals surface area contributed by atoms with Crippen LogP contribution in [0.3, 0.4) is 0 Å². The van der Waals surface area contributed by atoms with Crippen LogP contribution >= 0.6 is 37.2 Å². The van der Waals surface area contributed by atoms with E-state index in [1.165, 1.54) is 29.4 Å². The molecule has 3 aliphatic rings. The van der Waals surface area contributed by atoms with Crippen LogP contribution in [0.2, 0.25) is 0 Å². The topological polar surface area (TPSA) is 61.6 Å². The summed E-state index contributed by atoms with van der Waals surface area (Å²) in [6, 6.07) is 6.55. The number of carbonyl (C=O) groups is 1. The van der Waals surface area contributed by atoms with E-state index in [-0.39, 0.29) is 65.8 Å². The molecule has 1 unspecified atom stereocenters. The van der Waals surface area contributed by atoms with Crippen LogP contribution in [0.15, 0.2) is 24.3 Å². The normalized spacial score (nSPS) is 25.2. The zero-order valence-electron chi connectivity index (χ0n) is 26.6. The molecule has 1 N–H and O–H groups in total. The Hall–Kier alpha value is -1.38. The lowest BCUT2D eigenvalue weighted by Gasteiger charge is -2.42. The summed E-state index contributed by atoms with van der Waals surface area (Å²) in [7, 11) is 1.98. The zero-order valence-corrected chi connectivity index (χ0v) is 29.1. The fourth-order valence-electron chi connectivity index (χ4n) is 8.65. The summed E-state index contributed by atoms with van der Waals surface area (Å²) in [6.45, 7) is 14.7. The van der Waals surface area contributed by atoms with Gasteiger partial charge in [0.15, 0.2) is 0 Å². The van der Waals surface area contributed by atoms with Crippen LogP contribution in [-0.2, 0) is 29.6 Å². The van der Waals surface area contributed by atoms with Gasteiger partial charge >= 0.3 is 5.97 Å². The molecule has 1 saturated carbocycles. The highest BCUT2D eigenvalue weighted by Gasteiger charge is 2.50. The van der Waals surface area contributed by atoms with Crippen molar-refractivity contribution in [3.8, 4) is 0 Å². The molecule has 6 nitrogen and oxygen atoms in total. The molecule has 2 fully saturated rings. The Balaban J connectivity index is 0.00000215. The molecule has 1 spiro atoms. The Morgan fingerprint density at radius 3 is 2.37 bits per heavy atom. The van der Waals surface area contributed by atoms with Crippen molar-refractivity contribution in [2.45, 2.75) is 109 Å². The highest BCUT2D eigenvalue weighted by Crippen LogP contribution is 2.51. The Morgan fingerprint density at radius 1 is 1.14 bits per heavy atom. The lowest BCUT2D eigenvalue weighted by Crippen LogP contribution is -2.53. The van der Waals surface area contributed by atoms with Crippen molar-refractivity contribution in [2.24, 2.45) is 11.8 Å². The molecular weight excluding hydrogens is 610 g/mol. The van der Waals surface area contributed by atoms with Gasteiger partial charge < -0.3 is 10.0 Å². The number of piperidine rings is 1. The highest BCUT2D eigenvalue weighted by molar-refractivity contribution is 5.86. The third-order valence-corrected chi connectivity index (χ3v) is 10.8. The lowest BCUT2D eigenvalue weighted by molar-refractivity contribution is -0.147. The number of fused-ring (bicyclic) bond motifs is 2. The van der Waals surface area contributed by atoms with E-state index in [0.29, 0.717) is 5.92 Å². The number of nitrogens with zero attached hydrogens (tertiary/aromatic N) is 4. The van der Waals surface area contributed by atoms with Gasteiger partial charge in [-0.1, -0.05) is 32.9 Å². The quantitative estimate of drug-likeness (QED) is 0.310. The molecule has 0 bridgehead atoms. The minimum Gasteiger partial charge on any atom is -0.480 e. The predicted octanol–water partition coefficient (Wildman–Crippen LogP) is 7.14. The molecule has 1 saturated heterocycles. The fraction of sp³-hybridized carbons (Fsp3) is 0.697. The van der Waals surface area contributed by atoms with Gasteiger partial charge in [0.25, 0.3) is 0 Å². The number of aromatic nitrogens is 2. The van der Waals surface area contributed by atoms with Crippen LogP contribution in [0.25, 0.3) is 0 Å². The van der Waals surface area contributed by atoms with E-state index in [4.69, 9.17) is 5.10 Å². The molecule has 1 aliphatic heterocycles. The van der Waals surface area contributed by atoms with Gasteiger partial charge in [0.05, 0.1) is 5.69 Å². The predicted molar refractivity (Wildman–Crippen MR) is 179 cm³/mol. The highest BCUT2D eigenvalue weighted by atomic mass is 35.5. The van der Waals surface area contributed by atoms with Crippen LogP contribution < -0.4 is 0 Å². The number of carboxylic acids is 1. The summed E-state index contributed by atoms with van der Waals surface area (Å²) in [5.74, 6) is -0.409. The van der Waals surface area contributed by atoms with Crippen LogP contribution in [-0.4, -0.2) is 68.9 Å². The Bertz CT molecular complexity index is 1230. The number of hydrogen-bond donors (Lipinski definition) is 1. The first-order valence-corrected chi connectivity index (χ1v) is 15.5. The number of likely N-dealkylation sites (N-methyl/N-ethyl adjacent to an activating group) is 1. The maximum atomic E-state index is 14.4. The van der Waals surface area contributed by atoms with Gasteiger partial charge in [-0.05, 0) is 120 Å². The van der Waals surface area contributed by atoms with Crippen LogP contribution in [0.4, 0.5) is 4.39 Å². The minimum atomic E-state index is -0.765. The lowest BCUT2D eigenvalue weighted by atomic mass is 9.75. The molecule has 2 heterocycles. The van der Waals surface area contributed by atoms with Crippen molar-refractivity contribution in [1.29, 1.82) is 0 Å². The number of halogens is 4. The maximum absolute atomic E-state index is 14.4. The molecule has 0 radical (unpaired) electrons. The van der Waals surface area contributed by atoms with Gasteiger partial charge in [-0.15, -0.1) is 37.2 Å². The Kier molecular flexibility index (Phi) is 13.0. The number of likely N-dealkylation sites (tertiary alicyclic amines) is 1. The molecule has 43 heavy (non-hydrogen) atoms. The molecule has 4 atom stereocenters. The van der Waals surface area contributed by atoms with Crippen molar-refractivity contribution < 1.29 is 14.3 Å². The number of rotatable bonds is 9. The second-order valence-electron chi connectivity index (χ2n) is 13.5. The number of benzene rings is 1. The number of aryl methyl sites for hydroxylation is 2. The van der Waals surface area contributed by atoms with Gasteiger partial charge in [-0.2, -0.15) is 5.10 Å². The average molecular weight is 662 g/mol. The first-order valence-electron chi connectivity index (χ1n) is 15.5. The first kappa shape index (κ1) is 37.8. The van der Waals surface area contributed by atoms with Gasteiger partial charge in [0, 0.05) is 29.7 Å². The van der Waals surface area contributed by atoms with Crippen molar-refractivity contribution in [1.82, 2.24) is 19.6 Å². The summed E-state index contributed by atoms with van der Waals surface area (Å²) >= 11 is 0. The Morgan fingerprint density at radius 2 is 1.81 bits per heavy atom. The molecule has 10 heteroatoms. The van der Waals surface area contributed by atoms with Crippen LogP contribution in [0.1, 0.15) is 95.2 Å². The van der Waals surface area contributed by atoms with E-state index in [0.717, 1.165) is 70.3 Å². The molecule has 0 amide bonds. The third kappa shape index (κ3) is 7.06. The smallest absolute Gasteiger partial charge is 0.321 e. The molecule has 1 aromatic heterocycles. The van der Waals surface area contributed by atoms with E-state index >= 15 is 0 Å². The van der Waals surface area contributed by atoms with Crippen molar-refractivity contribution in [3.63, 3.8) is 0 Å². The summed E-state index contributed by atoms with van der Waals surface area (Å²) in [5.41, 5.74) is 5.37. The third-order valence-electron chi connectivity index (χ3n) is 10.8. The molecule has 5 rings (SSSR count). The van der Waals surface area contributed by atoms with Gasteiger partial charge in [0.1, 0.15) is 11.9 Å². The summed E-state index contributed by atoms with van der Waals surface area (Å²) in [5, 5.41) is 15.0. The largest absolute Gasteiger partial charge is 0.480 e. The van der Waals surface area contributed by atoms with E-state index in [2.05, 4.69) is 41.3 Å². The second kappa shape index (κ2) is 14.8.